The predicted octanol–water partition coefficient (Wildman–Crippen LogP) is 3.24. The standard InChI is InChI=1S/C17H19N5OS/c1-12(2)10-13-5-7-14(8-6-13)18-16(23)11-22-20-17(19-21-22)15-4-3-9-24-15/h3-9,12H,10-11H2,1-2H3,(H,18,23). The van der Waals surface area contributed by atoms with Crippen molar-refractivity contribution in [1.29, 1.82) is 0 Å². The first-order valence-corrected chi connectivity index (χ1v) is 8.68. The van der Waals surface area contributed by atoms with Gasteiger partial charge in [-0.3, -0.25) is 4.79 Å². The summed E-state index contributed by atoms with van der Waals surface area (Å²) in [5, 5.41) is 16.9. The fourth-order valence-corrected chi connectivity index (χ4v) is 2.99. The molecule has 124 valence electrons. The third kappa shape index (κ3) is 4.26. The van der Waals surface area contributed by atoms with E-state index >= 15 is 0 Å². The quantitative estimate of drug-likeness (QED) is 0.747. The molecule has 3 aromatic rings. The molecule has 0 spiro atoms. The van der Waals surface area contributed by atoms with Crippen molar-refractivity contribution in [3.8, 4) is 10.7 Å². The van der Waals surface area contributed by atoms with Crippen LogP contribution >= 0.6 is 11.3 Å². The lowest BCUT2D eigenvalue weighted by molar-refractivity contribution is -0.117. The van der Waals surface area contributed by atoms with E-state index in [9.17, 15) is 4.79 Å². The molecule has 3 rings (SSSR count). The molecule has 0 fully saturated rings. The van der Waals surface area contributed by atoms with Crippen LogP contribution in [0.3, 0.4) is 0 Å². The minimum atomic E-state index is -0.179. The maximum atomic E-state index is 12.1. The summed E-state index contributed by atoms with van der Waals surface area (Å²) in [5.41, 5.74) is 2.03. The Hall–Kier alpha value is -2.54. The fraction of sp³-hybridized carbons (Fsp3) is 0.294. The van der Waals surface area contributed by atoms with Gasteiger partial charge in [0.25, 0.3) is 0 Å². The number of aromatic nitrogens is 4. The first-order valence-electron chi connectivity index (χ1n) is 7.80. The van der Waals surface area contributed by atoms with Gasteiger partial charge in [0.05, 0.1) is 4.88 Å². The maximum Gasteiger partial charge on any atom is 0.248 e. The van der Waals surface area contributed by atoms with Gasteiger partial charge in [-0.2, -0.15) is 4.80 Å². The molecule has 6 nitrogen and oxygen atoms in total. The molecule has 0 saturated heterocycles. The number of thiophene rings is 1. The highest BCUT2D eigenvalue weighted by molar-refractivity contribution is 7.13. The second-order valence-corrected chi connectivity index (χ2v) is 6.91. The molecule has 0 bridgehead atoms. The lowest BCUT2D eigenvalue weighted by Gasteiger charge is -2.07. The van der Waals surface area contributed by atoms with E-state index in [-0.39, 0.29) is 12.5 Å². The summed E-state index contributed by atoms with van der Waals surface area (Å²) in [6.45, 7) is 4.41. The molecule has 2 heterocycles. The monoisotopic (exact) mass is 341 g/mol. The van der Waals surface area contributed by atoms with Crippen molar-refractivity contribution < 1.29 is 4.79 Å². The van der Waals surface area contributed by atoms with Crippen LogP contribution in [0, 0.1) is 5.92 Å². The summed E-state index contributed by atoms with van der Waals surface area (Å²) >= 11 is 1.54. The molecule has 0 radical (unpaired) electrons. The molecule has 0 saturated carbocycles. The van der Waals surface area contributed by atoms with E-state index in [4.69, 9.17) is 0 Å². The van der Waals surface area contributed by atoms with Gasteiger partial charge in [-0.05, 0) is 46.7 Å². The fourth-order valence-electron chi connectivity index (χ4n) is 2.34. The lowest BCUT2D eigenvalue weighted by Crippen LogP contribution is -2.20. The maximum absolute atomic E-state index is 12.1. The number of carbonyl (C=O) groups excluding carboxylic acids is 1. The molecule has 0 atom stereocenters. The largest absolute Gasteiger partial charge is 0.324 e. The highest BCUT2D eigenvalue weighted by Gasteiger charge is 2.10. The van der Waals surface area contributed by atoms with Crippen LogP contribution in [0.4, 0.5) is 5.69 Å². The predicted molar refractivity (Wildman–Crippen MR) is 94.7 cm³/mol. The smallest absolute Gasteiger partial charge is 0.248 e. The Morgan fingerprint density at radius 1 is 1.25 bits per heavy atom. The average molecular weight is 341 g/mol. The van der Waals surface area contributed by atoms with Crippen LogP contribution in [0.15, 0.2) is 41.8 Å². The van der Waals surface area contributed by atoms with Gasteiger partial charge in [0, 0.05) is 5.69 Å². The van der Waals surface area contributed by atoms with E-state index in [1.54, 1.807) is 0 Å². The van der Waals surface area contributed by atoms with Gasteiger partial charge in [-0.15, -0.1) is 21.5 Å². The Kier molecular flexibility index (Phi) is 5.00. The van der Waals surface area contributed by atoms with E-state index in [2.05, 4.69) is 34.6 Å². The molecular weight excluding hydrogens is 322 g/mol. The molecule has 0 unspecified atom stereocenters. The highest BCUT2D eigenvalue weighted by atomic mass is 32.1. The molecule has 0 aliphatic heterocycles. The molecule has 0 aliphatic carbocycles. The van der Waals surface area contributed by atoms with E-state index < -0.39 is 0 Å². The molecule has 1 aromatic carbocycles. The molecule has 24 heavy (non-hydrogen) atoms. The van der Waals surface area contributed by atoms with Gasteiger partial charge >= 0.3 is 0 Å². The second-order valence-electron chi connectivity index (χ2n) is 5.96. The minimum absolute atomic E-state index is 0.0338. The topological polar surface area (TPSA) is 72.7 Å². The first-order chi connectivity index (χ1) is 11.6. The van der Waals surface area contributed by atoms with Crippen molar-refractivity contribution in [1.82, 2.24) is 20.2 Å². The Balaban J connectivity index is 1.57. The molecule has 0 aliphatic rings. The summed E-state index contributed by atoms with van der Waals surface area (Å²) in [6, 6.07) is 11.8. The normalized spacial score (nSPS) is 11.0. The van der Waals surface area contributed by atoms with Crippen molar-refractivity contribution >= 4 is 22.9 Å². The number of amides is 1. The SMILES string of the molecule is CC(C)Cc1ccc(NC(=O)Cn2nnc(-c3cccs3)n2)cc1. The van der Waals surface area contributed by atoms with Gasteiger partial charge in [0.2, 0.25) is 11.7 Å². The third-order valence-corrected chi connectivity index (χ3v) is 4.23. The van der Waals surface area contributed by atoms with Crippen LogP contribution in [-0.2, 0) is 17.8 Å². The van der Waals surface area contributed by atoms with E-state index in [1.807, 2.05) is 41.8 Å². The third-order valence-electron chi connectivity index (χ3n) is 3.36. The van der Waals surface area contributed by atoms with Crippen molar-refractivity contribution in [2.75, 3.05) is 5.32 Å². The lowest BCUT2D eigenvalue weighted by atomic mass is 10.0. The summed E-state index contributed by atoms with van der Waals surface area (Å²) in [5.74, 6) is 0.971. The van der Waals surface area contributed by atoms with Crippen molar-refractivity contribution in [2.45, 2.75) is 26.8 Å². The Bertz CT molecular complexity index is 793. The summed E-state index contributed by atoms with van der Waals surface area (Å²) in [4.78, 5) is 14.3. The Labute approximate surface area is 144 Å². The van der Waals surface area contributed by atoms with Crippen LogP contribution in [0.2, 0.25) is 0 Å². The number of anilines is 1. The second kappa shape index (κ2) is 7.35. The van der Waals surface area contributed by atoms with E-state index in [0.717, 1.165) is 17.0 Å². The van der Waals surface area contributed by atoms with Crippen LogP contribution in [0.25, 0.3) is 10.7 Å². The number of rotatable bonds is 6. The molecule has 1 N–H and O–H groups in total. The van der Waals surface area contributed by atoms with Crippen LogP contribution in [0.5, 0.6) is 0 Å². The van der Waals surface area contributed by atoms with Gasteiger partial charge < -0.3 is 5.32 Å². The highest BCUT2D eigenvalue weighted by Crippen LogP contribution is 2.19. The van der Waals surface area contributed by atoms with E-state index in [0.29, 0.717) is 11.7 Å². The number of hydrogen-bond donors (Lipinski definition) is 1. The number of nitrogens with one attached hydrogen (secondary N) is 1. The zero-order valence-electron chi connectivity index (χ0n) is 13.6. The van der Waals surface area contributed by atoms with Crippen LogP contribution in [-0.4, -0.2) is 26.1 Å². The summed E-state index contributed by atoms with van der Waals surface area (Å²) in [7, 11) is 0. The number of hydrogen-bond acceptors (Lipinski definition) is 5. The van der Waals surface area contributed by atoms with Gasteiger partial charge in [0.15, 0.2) is 0 Å². The number of tetrazole rings is 1. The average Bonchev–Trinajstić information content (AvgIpc) is 3.19. The van der Waals surface area contributed by atoms with Crippen LogP contribution < -0.4 is 5.32 Å². The Morgan fingerprint density at radius 3 is 2.71 bits per heavy atom. The molecule has 1 amide bonds. The van der Waals surface area contributed by atoms with Crippen molar-refractivity contribution in [3.05, 3.63) is 47.3 Å². The van der Waals surface area contributed by atoms with Gasteiger partial charge in [-0.1, -0.05) is 32.0 Å². The first kappa shape index (κ1) is 16.3. The Morgan fingerprint density at radius 2 is 2.04 bits per heavy atom. The van der Waals surface area contributed by atoms with Gasteiger partial charge in [-0.25, -0.2) is 0 Å². The minimum Gasteiger partial charge on any atom is -0.324 e. The number of carbonyl (C=O) groups is 1. The molecule has 2 aromatic heterocycles. The van der Waals surface area contributed by atoms with Gasteiger partial charge in [0.1, 0.15) is 6.54 Å². The summed E-state index contributed by atoms with van der Waals surface area (Å²) in [6.07, 6.45) is 1.03. The number of benzene rings is 1. The van der Waals surface area contributed by atoms with Crippen molar-refractivity contribution in [3.63, 3.8) is 0 Å². The van der Waals surface area contributed by atoms with Crippen LogP contribution in [0.1, 0.15) is 19.4 Å². The summed E-state index contributed by atoms with van der Waals surface area (Å²) < 4.78 is 0. The molecular formula is C17H19N5OS. The molecule has 7 heteroatoms. The van der Waals surface area contributed by atoms with E-state index in [1.165, 1.54) is 21.7 Å². The van der Waals surface area contributed by atoms with Crippen molar-refractivity contribution in [2.24, 2.45) is 5.92 Å². The number of nitrogens with zero attached hydrogens (tertiary/aromatic N) is 4. The zero-order chi connectivity index (χ0) is 16.9. The zero-order valence-corrected chi connectivity index (χ0v) is 14.5.